The third-order valence-electron chi connectivity index (χ3n) is 1.03. The van der Waals surface area contributed by atoms with Crippen molar-refractivity contribution in [3.05, 3.63) is 0 Å². The Kier molecular flexibility index (Phi) is 3.44. The predicted molar refractivity (Wildman–Crippen MR) is 37.8 cm³/mol. The van der Waals surface area contributed by atoms with E-state index in [-0.39, 0.29) is 5.60 Å². The minimum Gasteiger partial charge on any atom is -0.299 e. The maximum Gasteiger partial charge on any atom is 0.0845 e. The van der Waals surface area contributed by atoms with Crippen molar-refractivity contribution >= 4 is 12.6 Å². The van der Waals surface area contributed by atoms with Crippen LogP contribution in [0.3, 0.4) is 0 Å². The first-order chi connectivity index (χ1) is 3.62. The molecule has 0 spiro atoms. The summed E-state index contributed by atoms with van der Waals surface area (Å²) >= 11 is 4.03. The van der Waals surface area contributed by atoms with E-state index in [4.69, 9.17) is 5.90 Å². The van der Waals surface area contributed by atoms with Crippen LogP contribution in [0.4, 0.5) is 0 Å². The van der Waals surface area contributed by atoms with E-state index in [1.165, 1.54) is 0 Å². The van der Waals surface area contributed by atoms with Crippen molar-refractivity contribution in [2.24, 2.45) is 5.90 Å². The summed E-state index contributed by atoms with van der Waals surface area (Å²) in [6.45, 7) is 3.87. The zero-order valence-corrected chi connectivity index (χ0v) is 6.24. The quantitative estimate of drug-likeness (QED) is 0.447. The summed E-state index contributed by atoms with van der Waals surface area (Å²) in [5.41, 5.74) is -0.207. The van der Waals surface area contributed by atoms with Crippen LogP contribution in [0, 0.1) is 0 Å². The highest BCUT2D eigenvalue weighted by molar-refractivity contribution is 7.80. The lowest BCUT2D eigenvalue weighted by Gasteiger charge is -2.19. The molecular weight excluding hydrogens is 122 g/mol. The van der Waals surface area contributed by atoms with E-state index in [9.17, 15) is 0 Å². The molecule has 0 aliphatic rings. The smallest absolute Gasteiger partial charge is 0.0845 e. The second-order valence-electron chi connectivity index (χ2n) is 2.35. The summed E-state index contributed by atoms with van der Waals surface area (Å²) < 4.78 is 0. The molecule has 0 aliphatic heterocycles. The molecule has 0 amide bonds. The van der Waals surface area contributed by atoms with Crippen molar-refractivity contribution in [1.82, 2.24) is 0 Å². The largest absolute Gasteiger partial charge is 0.299 e. The molecule has 2 nitrogen and oxygen atoms in total. The number of rotatable bonds is 3. The van der Waals surface area contributed by atoms with Crippen LogP contribution in [0.5, 0.6) is 0 Å². The topological polar surface area (TPSA) is 35.2 Å². The summed E-state index contributed by atoms with van der Waals surface area (Å²) in [7, 11) is 0. The molecule has 0 aliphatic carbocycles. The molecule has 0 bridgehead atoms. The van der Waals surface area contributed by atoms with Crippen molar-refractivity contribution < 1.29 is 4.84 Å². The molecular formula is C5H13NOS. The van der Waals surface area contributed by atoms with E-state index in [1.807, 2.05) is 13.8 Å². The Morgan fingerprint density at radius 3 is 2.25 bits per heavy atom. The van der Waals surface area contributed by atoms with Crippen LogP contribution in [0.2, 0.25) is 0 Å². The molecule has 3 heteroatoms. The Balaban J connectivity index is 3.37. The van der Waals surface area contributed by atoms with Crippen molar-refractivity contribution in [3.63, 3.8) is 0 Å². The molecule has 0 unspecified atom stereocenters. The second-order valence-corrected chi connectivity index (χ2v) is 2.80. The average molecular weight is 135 g/mol. The van der Waals surface area contributed by atoms with Crippen LogP contribution < -0.4 is 5.90 Å². The highest BCUT2D eigenvalue weighted by atomic mass is 32.1. The number of thiol groups is 1. The first-order valence-electron chi connectivity index (χ1n) is 2.61. The third kappa shape index (κ3) is 3.29. The van der Waals surface area contributed by atoms with Gasteiger partial charge in [-0.2, -0.15) is 12.6 Å². The molecule has 2 N–H and O–H groups in total. The SMILES string of the molecule is CC(C)(CCS)ON. The summed E-state index contributed by atoms with van der Waals surface area (Å²) in [5, 5.41) is 0. The van der Waals surface area contributed by atoms with E-state index in [0.29, 0.717) is 0 Å². The molecule has 8 heavy (non-hydrogen) atoms. The Morgan fingerprint density at radius 1 is 1.62 bits per heavy atom. The lowest BCUT2D eigenvalue weighted by atomic mass is 10.1. The van der Waals surface area contributed by atoms with Gasteiger partial charge in [0.2, 0.25) is 0 Å². The fourth-order valence-electron chi connectivity index (χ4n) is 0.328. The minimum absolute atomic E-state index is 0.207. The van der Waals surface area contributed by atoms with Crippen molar-refractivity contribution in [2.45, 2.75) is 25.9 Å². The van der Waals surface area contributed by atoms with E-state index in [1.54, 1.807) is 0 Å². The van der Waals surface area contributed by atoms with E-state index >= 15 is 0 Å². The molecule has 0 saturated carbocycles. The highest BCUT2D eigenvalue weighted by Gasteiger charge is 2.14. The van der Waals surface area contributed by atoms with Crippen molar-refractivity contribution in [2.75, 3.05) is 5.75 Å². The van der Waals surface area contributed by atoms with Gasteiger partial charge >= 0.3 is 0 Å². The number of hydrogen-bond acceptors (Lipinski definition) is 3. The molecule has 0 aromatic rings. The molecule has 0 aromatic heterocycles. The van der Waals surface area contributed by atoms with Gasteiger partial charge in [-0.15, -0.1) is 0 Å². The van der Waals surface area contributed by atoms with Crippen LogP contribution in [0.25, 0.3) is 0 Å². The molecule has 0 radical (unpaired) electrons. The second kappa shape index (κ2) is 3.33. The van der Waals surface area contributed by atoms with E-state index in [0.717, 1.165) is 12.2 Å². The zero-order chi connectivity index (χ0) is 6.62. The number of hydrogen-bond donors (Lipinski definition) is 2. The highest BCUT2D eigenvalue weighted by Crippen LogP contribution is 2.11. The van der Waals surface area contributed by atoms with Gasteiger partial charge in [-0.1, -0.05) is 0 Å². The number of nitrogens with two attached hydrogens (primary N) is 1. The van der Waals surface area contributed by atoms with Gasteiger partial charge < -0.3 is 0 Å². The van der Waals surface area contributed by atoms with Gasteiger partial charge in [-0.3, -0.25) is 4.84 Å². The zero-order valence-electron chi connectivity index (χ0n) is 5.35. The van der Waals surface area contributed by atoms with E-state index < -0.39 is 0 Å². The monoisotopic (exact) mass is 135 g/mol. The maximum atomic E-state index is 4.96. The van der Waals surface area contributed by atoms with Gasteiger partial charge in [0.05, 0.1) is 5.60 Å². The van der Waals surface area contributed by atoms with Crippen LogP contribution in [-0.2, 0) is 4.84 Å². The molecule has 0 saturated heterocycles. The third-order valence-corrected chi connectivity index (χ3v) is 1.26. The molecule has 0 rings (SSSR count). The fraction of sp³-hybridized carbons (Fsp3) is 1.00. The Bertz CT molecular complexity index is 65.4. The summed E-state index contributed by atoms with van der Waals surface area (Å²) in [4.78, 5) is 4.63. The van der Waals surface area contributed by atoms with Gasteiger partial charge in [0.15, 0.2) is 0 Å². The Morgan fingerprint density at radius 2 is 2.12 bits per heavy atom. The normalized spacial score (nSPS) is 12.0. The van der Waals surface area contributed by atoms with Crippen LogP contribution >= 0.6 is 12.6 Å². The van der Waals surface area contributed by atoms with Gasteiger partial charge in [-0.05, 0) is 26.0 Å². The molecule has 50 valence electrons. The summed E-state index contributed by atoms with van der Waals surface area (Å²) in [6, 6.07) is 0. The average Bonchev–Trinajstić information content (AvgIpc) is 1.67. The minimum atomic E-state index is -0.207. The lowest BCUT2D eigenvalue weighted by Crippen LogP contribution is -2.28. The Labute approximate surface area is 55.8 Å². The van der Waals surface area contributed by atoms with Crippen molar-refractivity contribution in [1.29, 1.82) is 0 Å². The lowest BCUT2D eigenvalue weighted by molar-refractivity contribution is -0.0208. The predicted octanol–water partition coefficient (Wildman–Crippen LogP) is 0.975. The van der Waals surface area contributed by atoms with Gasteiger partial charge in [0.1, 0.15) is 0 Å². The van der Waals surface area contributed by atoms with Gasteiger partial charge in [0.25, 0.3) is 0 Å². The molecule has 0 aromatic carbocycles. The van der Waals surface area contributed by atoms with Gasteiger partial charge in [-0.25, -0.2) is 5.90 Å². The van der Waals surface area contributed by atoms with Crippen molar-refractivity contribution in [3.8, 4) is 0 Å². The first kappa shape index (κ1) is 8.27. The molecule has 0 heterocycles. The Hall–Kier alpha value is 0.270. The van der Waals surface area contributed by atoms with E-state index in [2.05, 4.69) is 17.5 Å². The first-order valence-corrected chi connectivity index (χ1v) is 3.24. The van der Waals surface area contributed by atoms with Crippen LogP contribution in [0.15, 0.2) is 0 Å². The van der Waals surface area contributed by atoms with Gasteiger partial charge in [0, 0.05) is 0 Å². The summed E-state index contributed by atoms with van der Waals surface area (Å²) in [6.07, 6.45) is 0.882. The molecule has 0 atom stereocenters. The maximum absolute atomic E-state index is 4.96. The van der Waals surface area contributed by atoms with Crippen LogP contribution in [-0.4, -0.2) is 11.4 Å². The fourth-order valence-corrected chi connectivity index (χ4v) is 0.867. The summed E-state index contributed by atoms with van der Waals surface area (Å²) in [5.74, 6) is 5.77. The molecule has 0 fully saturated rings. The standard InChI is InChI=1S/C5H13NOS/c1-5(2,7-6)3-4-8/h8H,3-4,6H2,1-2H3. The van der Waals surface area contributed by atoms with Crippen LogP contribution in [0.1, 0.15) is 20.3 Å².